The van der Waals surface area contributed by atoms with Gasteiger partial charge in [0.05, 0.1) is 11.5 Å². The molecule has 0 aromatic carbocycles. The van der Waals surface area contributed by atoms with E-state index < -0.39 is 0 Å². The van der Waals surface area contributed by atoms with Gasteiger partial charge in [0.1, 0.15) is 10.9 Å². The zero-order valence-electron chi connectivity index (χ0n) is 7.24. The van der Waals surface area contributed by atoms with Crippen LogP contribution in [-0.4, -0.2) is 11.2 Å². The fraction of sp³-hybridized carbons (Fsp3) is 0.250. The zero-order chi connectivity index (χ0) is 9.42. The minimum Gasteiger partial charge on any atom is -0.231 e. The Morgan fingerprint density at radius 3 is 3.08 bits per heavy atom. The van der Waals surface area contributed by atoms with Crippen LogP contribution in [0.15, 0.2) is 21.1 Å². The van der Waals surface area contributed by atoms with E-state index in [1.807, 2.05) is 24.1 Å². The van der Waals surface area contributed by atoms with Gasteiger partial charge in [-0.1, -0.05) is 23.1 Å². The van der Waals surface area contributed by atoms with Crippen LogP contribution < -0.4 is 4.57 Å². The van der Waals surface area contributed by atoms with E-state index in [1.165, 1.54) is 4.70 Å². The molecule has 0 N–H and O–H groups in total. The van der Waals surface area contributed by atoms with Crippen molar-refractivity contribution in [2.24, 2.45) is 7.05 Å². The van der Waals surface area contributed by atoms with Crippen LogP contribution in [0.2, 0.25) is 0 Å². The lowest BCUT2D eigenvalue weighted by molar-refractivity contribution is -0.647. The van der Waals surface area contributed by atoms with Crippen LogP contribution in [0.3, 0.4) is 0 Å². The molecule has 2 aromatic rings. The first-order valence-electron chi connectivity index (χ1n) is 3.70. The van der Waals surface area contributed by atoms with E-state index in [1.54, 1.807) is 23.1 Å². The van der Waals surface area contributed by atoms with E-state index in [-0.39, 0.29) is 0 Å². The van der Waals surface area contributed by atoms with Gasteiger partial charge in [0, 0.05) is 0 Å². The van der Waals surface area contributed by atoms with Crippen LogP contribution in [0.1, 0.15) is 0 Å². The highest BCUT2D eigenvalue weighted by Crippen LogP contribution is 2.27. The summed E-state index contributed by atoms with van der Waals surface area (Å²) in [6, 6.07) is 2.10. The van der Waals surface area contributed by atoms with Crippen molar-refractivity contribution in [3.05, 3.63) is 16.7 Å². The Bertz CT molecular complexity index is 453. The molecule has 2 rings (SSSR count). The molecule has 0 saturated carbocycles. The van der Waals surface area contributed by atoms with Crippen molar-refractivity contribution in [1.29, 1.82) is 0 Å². The predicted molar refractivity (Wildman–Crippen MR) is 60.3 cm³/mol. The molecule has 68 valence electrons. The largest absolute Gasteiger partial charge is 0.342 e. The van der Waals surface area contributed by atoms with Crippen molar-refractivity contribution in [2.45, 2.75) is 4.34 Å². The summed E-state index contributed by atoms with van der Waals surface area (Å²) in [5, 5.41) is 0. The number of hydrogen-bond acceptors (Lipinski definition) is 3. The van der Waals surface area contributed by atoms with E-state index in [0.717, 1.165) is 14.5 Å². The Labute approximate surface area is 93.1 Å². The van der Waals surface area contributed by atoms with Gasteiger partial charge in [0.2, 0.25) is 0 Å². The molecule has 0 saturated heterocycles. The maximum Gasteiger partial charge on any atom is 0.342 e. The number of aromatic nitrogens is 2. The second-order valence-electron chi connectivity index (χ2n) is 2.64. The summed E-state index contributed by atoms with van der Waals surface area (Å²) in [5.41, 5.74) is 1.05. The quantitative estimate of drug-likeness (QED) is 0.588. The number of pyridine rings is 1. The molecule has 0 fully saturated rings. The zero-order valence-corrected chi connectivity index (χ0v) is 10.5. The van der Waals surface area contributed by atoms with E-state index in [2.05, 4.69) is 27.0 Å². The summed E-state index contributed by atoms with van der Waals surface area (Å²) < 4.78 is 5.47. The number of thioether (sulfide) groups is 1. The second kappa shape index (κ2) is 3.55. The normalized spacial score (nSPS) is 11.0. The standard InChI is InChI=1S/C8H8BrN2S2/c1-11-4-5(9)3-6-7(11)10-8(12-2)13-6/h3-4H,1-2H3/q+1. The molecule has 0 spiro atoms. The molecular formula is C8H8BrN2S2+. The van der Waals surface area contributed by atoms with E-state index in [9.17, 15) is 0 Å². The van der Waals surface area contributed by atoms with Crippen molar-refractivity contribution < 1.29 is 4.57 Å². The molecule has 2 aromatic heterocycles. The second-order valence-corrected chi connectivity index (χ2v) is 5.64. The number of fused-ring (bicyclic) bond motifs is 1. The molecule has 13 heavy (non-hydrogen) atoms. The van der Waals surface area contributed by atoms with E-state index in [0.29, 0.717) is 0 Å². The van der Waals surface area contributed by atoms with Crippen LogP contribution in [0.4, 0.5) is 0 Å². The Morgan fingerprint density at radius 1 is 1.62 bits per heavy atom. The van der Waals surface area contributed by atoms with Crippen molar-refractivity contribution >= 4 is 49.4 Å². The average Bonchev–Trinajstić information content (AvgIpc) is 2.47. The SMILES string of the molecule is CSc1nc2c(cc(Br)c[n+]2C)s1. The summed E-state index contributed by atoms with van der Waals surface area (Å²) in [7, 11) is 2.01. The molecule has 0 aliphatic rings. The molecule has 2 nitrogen and oxygen atoms in total. The lowest BCUT2D eigenvalue weighted by Gasteiger charge is -1.90. The topological polar surface area (TPSA) is 16.8 Å². The van der Waals surface area contributed by atoms with Gasteiger partial charge in [-0.05, 0) is 33.2 Å². The third-order valence-electron chi connectivity index (χ3n) is 1.71. The number of aryl methyl sites for hydroxylation is 1. The molecule has 5 heteroatoms. The van der Waals surface area contributed by atoms with E-state index in [4.69, 9.17) is 0 Å². The van der Waals surface area contributed by atoms with Crippen molar-refractivity contribution in [3.63, 3.8) is 0 Å². The molecule has 0 radical (unpaired) electrons. The minimum atomic E-state index is 1.05. The molecule has 0 bridgehead atoms. The summed E-state index contributed by atoms with van der Waals surface area (Å²) in [6.45, 7) is 0. The number of nitrogens with zero attached hydrogens (tertiary/aromatic N) is 2. The monoisotopic (exact) mass is 275 g/mol. The summed E-state index contributed by atoms with van der Waals surface area (Å²) in [5.74, 6) is 0. The van der Waals surface area contributed by atoms with Crippen LogP contribution >= 0.6 is 39.0 Å². The number of hydrogen-bond donors (Lipinski definition) is 0. The van der Waals surface area contributed by atoms with Crippen LogP contribution in [0.25, 0.3) is 10.3 Å². The molecular weight excluding hydrogens is 268 g/mol. The third-order valence-corrected chi connectivity index (χ3v) is 4.12. The smallest absolute Gasteiger partial charge is 0.231 e. The first-order valence-corrected chi connectivity index (χ1v) is 6.54. The van der Waals surface area contributed by atoms with Gasteiger partial charge < -0.3 is 0 Å². The highest BCUT2D eigenvalue weighted by molar-refractivity contribution is 9.10. The fourth-order valence-electron chi connectivity index (χ4n) is 1.15. The van der Waals surface area contributed by atoms with Crippen LogP contribution in [0, 0.1) is 0 Å². The van der Waals surface area contributed by atoms with Gasteiger partial charge in [-0.15, -0.1) is 0 Å². The first-order chi connectivity index (χ1) is 6.20. The third kappa shape index (κ3) is 1.73. The summed E-state index contributed by atoms with van der Waals surface area (Å²) >= 11 is 6.88. The minimum absolute atomic E-state index is 1.05. The lowest BCUT2D eigenvalue weighted by atomic mass is 10.5. The van der Waals surface area contributed by atoms with Gasteiger partial charge in [-0.25, -0.2) is 4.57 Å². The van der Waals surface area contributed by atoms with E-state index >= 15 is 0 Å². The molecule has 0 aliphatic heterocycles. The van der Waals surface area contributed by atoms with Gasteiger partial charge in [0.15, 0.2) is 0 Å². The van der Waals surface area contributed by atoms with Crippen LogP contribution in [-0.2, 0) is 7.05 Å². The predicted octanol–water partition coefficient (Wildman–Crippen LogP) is 2.61. The number of thiazole rings is 1. The molecule has 0 unspecified atom stereocenters. The van der Waals surface area contributed by atoms with Crippen molar-refractivity contribution in [3.8, 4) is 0 Å². The lowest BCUT2D eigenvalue weighted by Crippen LogP contribution is -2.28. The first kappa shape index (κ1) is 9.43. The van der Waals surface area contributed by atoms with Gasteiger partial charge >= 0.3 is 5.65 Å². The molecule has 2 heterocycles. The number of rotatable bonds is 1. The van der Waals surface area contributed by atoms with Gasteiger partial charge in [-0.2, -0.15) is 0 Å². The molecule has 0 atom stereocenters. The Hall–Kier alpha value is -0.130. The Kier molecular flexibility index (Phi) is 2.58. The Morgan fingerprint density at radius 2 is 2.38 bits per heavy atom. The van der Waals surface area contributed by atoms with Crippen LogP contribution in [0.5, 0.6) is 0 Å². The highest BCUT2D eigenvalue weighted by atomic mass is 79.9. The van der Waals surface area contributed by atoms with Crippen molar-refractivity contribution in [1.82, 2.24) is 4.98 Å². The fourth-order valence-corrected chi connectivity index (χ4v) is 3.40. The van der Waals surface area contributed by atoms with Gasteiger partial charge in [0.25, 0.3) is 4.34 Å². The summed E-state index contributed by atoms with van der Waals surface area (Å²) in [4.78, 5) is 4.50. The molecule has 0 amide bonds. The van der Waals surface area contributed by atoms with Gasteiger partial charge in [-0.3, -0.25) is 0 Å². The maximum atomic E-state index is 4.50. The Balaban J connectivity index is 2.75. The average molecular weight is 276 g/mol. The number of halogens is 1. The maximum absolute atomic E-state index is 4.50. The molecule has 0 aliphatic carbocycles. The highest BCUT2D eigenvalue weighted by Gasteiger charge is 2.14. The van der Waals surface area contributed by atoms with Crippen molar-refractivity contribution in [2.75, 3.05) is 6.26 Å². The summed E-state index contributed by atoms with van der Waals surface area (Å²) in [6.07, 6.45) is 4.07.